The fourth-order valence-electron chi connectivity index (χ4n) is 2.25. The summed E-state index contributed by atoms with van der Waals surface area (Å²) in [5.74, 6) is -0.686. The zero-order valence-electron chi connectivity index (χ0n) is 14.5. The summed E-state index contributed by atoms with van der Waals surface area (Å²) in [6.45, 7) is -0.837. The summed E-state index contributed by atoms with van der Waals surface area (Å²) < 4.78 is 11.1. The largest absolute Gasteiger partial charge is 0.507 e. The average molecular weight is 391 g/mol. The Balaban J connectivity index is 1.60. The van der Waals surface area contributed by atoms with Crippen LogP contribution in [0.1, 0.15) is 10.6 Å². The molecule has 138 valence electrons. The van der Waals surface area contributed by atoms with Crippen LogP contribution in [-0.4, -0.2) is 29.3 Å². The molecule has 1 heterocycles. The summed E-state index contributed by atoms with van der Waals surface area (Å²) >= 11 is 1.26. The summed E-state index contributed by atoms with van der Waals surface area (Å²) in [4.78, 5) is 16.1. The molecule has 0 radical (unpaired) electrons. The van der Waals surface area contributed by atoms with Gasteiger partial charge in [0.05, 0.1) is 21.8 Å². The van der Waals surface area contributed by atoms with E-state index in [2.05, 4.69) is 4.98 Å². The van der Waals surface area contributed by atoms with Crippen LogP contribution in [0.3, 0.4) is 0 Å². The monoisotopic (exact) mass is 391 g/mol. The summed E-state index contributed by atoms with van der Waals surface area (Å²) in [7, 11) is 0. The number of allylic oxidation sites excluding steroid dienone is 1. The maximum Gasteiger partial charge on any atom is 0.344 e. The number of rotatable bonds is 6. The van der Waals surface area contributed by atoms with Gasteiger partial charge in [-0.25, -0.2) is 9.78 Å². The van der Waals surface area contributed by atoms with Gasteiger partial charge in [0.2, 0.25) is 0 Å². The third-order valence-electron chi connectivity index (χ3n) is 3.62. The highest BCUT2D eigenvalue weighted by Crippen LogP contribution is 2.28. The first kappa shape index (κ1) is 18.9. The molecule has 0 fully saturated rings. The number of aliphatic hydroxyl groups is 1. The molecule has 0 aliphatic heterocycles. The first-order chi connectivity index (χ1) is 13.6. The number of carbonyl (C=O) groups excluding carboxylic acids is 1. The third kappa shape index (κ3) is 4.44. The molecular weight excluding hydrogens is 378 g/mol. The van der Waals surface area contributed by atoms with E-state index in [1.165, 1.54) is 11.3 Å². The number of hydrogen-bond acceptors (Lipinski definition) is 8. The van der Waals surface area contributed by atoms with Crippen LogP contribution in [-0.2, 0) is 9.53 Å². The Morgan fingerprint density at radius 2 is 1.86 bits per heavy atom. The van der Waals surface area contributed by atoms with Crippen LogP contribution in [0, 0.1) is 22.7 Å². The lowest BCUT2D eigenvalue weighted by Gasteiger charge is -2.07. The standard InChI is InChI=1S/C20H13N3O4S/c21-9-13-5-7-14(8-6-13)26-12-19(25)27-11-17(24)15(10-22)20-23-16-3-1-2-4-18(16)28-20/h1-8,24H,11-12H2/b17-15-. The van der Waals surface area contributed by atoms with Crippen LogP contribution in [0.25, 0.3) is 15.8 Å². The smallest absolute Gasteiger partial charge is 0.344 e. The number of carbonyl (C=O) groups is 1. The Hall–Kier alpha value is -3.88. The van der Waals surface area contributed by atoms with Crippen molar-refractivity contribution in [2.45, 2.75) is 0 Å². The summed E-state index contributed by atoms with van der Waals surface area (Å²) in [5, 5.41) is 28.6. The Labute approximate surface area is 164 Å². The lowest BCUT2D eigenvalue weighted by molar-refractivity contribution is -0.145. The molecule has 0 amide bonds. The van der Waals surface area contributed by atoms with Crippen molar-refractivity contribution in [3.8, 4) is 17.9 Å². The number of fused-ring (bicyclic) bond motifs is 1. The molecule has 0 spiro atoms. The van der Waals surface area contributed by atoms with E-state index >= 15 is 0 Å². The van der Waals surface area contributed by atoms with Gasteiger partial charge in [-0.1, -0.05) is 12.1 Å². The highest BCUT2D eigenvalue weighted by molar-refractivity contribution is 7.19. The molecule has 0 saturated heterocycles. The van der Waals surface area contributed by atoms with Gasteiger partial charge in [-0.2, -0.15) is 10.5 Å². The predicted molar refractivity (Wildman–Crippen MR) is 102 cm³/mol. The second kappa shape index (κ2) is 8.67. The van der Waals surface area contributed by atoms with Crippen LogP contribution in [0.4, 0.5) is 0 Å². The Bertz CT molecular complexity index is 1090. The summed E-state index contributed by atoms with van der Waals surface area (Å²) in [6, 6.07) is 17.5. The van der Waals surface area contributed by atoms with Crippen molar-refractivity contribution in [1.82, 2.24) is 4.98 Å². The second-order valence-electron chi connectivity index (χ2n) is 5.51. The van der Waals surface area contributed by atoms with Gasteiger partial charge in [0.1, 0.15) is 29.0 Å². The first-order valence-electron chi connectivity index (χ1n) is 8.07. The predicted octanol–water partition coefficient (Wildman–Crippen LogP) is 3.58. The fraction of sp³-hybridized carbons (Fsp3) is 0.100. The molecule has 1 N–H and O–H groups in total. The number of hydrogen-bond donors (Lipinski definition) is 1. The van der Waals surface area contributed by atoms with Gasteiger partial charge in [-0.05, 0) is 36.4 Å². The van der Waals surface area contributed by atoms with Crippen LogP contribution in [0.15, 0.2) is 54.3 Å². The Morgan fingerprint density at radius 3 is 2.54 bits per heavy atom. The van der Waals surface area contributed by atoms with Gasteiger partial charge < -0.3 is 14.6 Å². The van der Waals surface area contributed by atoms with Crippen molar-refractivity contribution in [2.24, 2.45) is 0 Å². The normalized spacial score (nSPS) is 11.2. The van der Waals surface area contributed by atoms with Crippen molar-refractivity contribution in [2.75, 3.05) is 13.2 Å². The minimum atomic E-state index is -0.711. The van der Waals surface area contributed by atoms with E-state index in [4.69, 9.17) is 14.7 Å². The van der Waals surface area contributed by atoms with Crippen molar-refractivity contribution < 1.29 is 19.4 Å². The molecule has 0 aliphatic carbocycles. The van der Waals surface area contributed by atoms with Crippen LogP contribution < -0.4 is 4.74 Å². The maximum atomic E-state index is 11.8. The van der Waals surface area contributed by atoms with Gasteiger partial charge in [0, 0.05) is 0 Å². The fourth-order valence-corrected chi connectivity index (χ4v) is 3.23. The average Bonchev–Trinajstić information content (AvgIpc) is 3.15. The van der Waals surface area contributed by atoms with E-state index in [0.29, 0.717) is 16.3 Å². The van der Waals surface area contributed by atoms with Crippen LogP contribution in [0.5, 0.6) is 5.75 Å². The number of para-hydroxylation sites is 1. The van der Waals surface area contributed by atoms with Gasteiger partial charge in [-0.3, -0.25) is 0 Å². The summed E-state index contributed by atoms with van der Waals surface area (Å²) in [5.41, 5.74) is 1.15. The molecule has 1 aromatic heterocycles. The molecule has 0 aliphatic rings. The number of nitriles is 2. The number of benzene rings is 2. The number of esters is 1. The zero-order valence-corrected chi connectivity index (χ0v) is 15.3. The minimum Gasteiger partial charge on any atom is -0.507 e. The minimum absolute atomic E-state index is 0.0398. The molecule has 3 rings (SSSR count). The number of aliphatic hydroxyl groups excluding tert-OH is 1. The molecule has 28 heavy (non-hydrogen) atoms. The third-order valence-corrected chi connectivity index (χ3v) is 4.67. The lowest BCUT2D eigenvalue weighted by atomic mass is 10.2. The molecular formula is C20H13N3O4S. The molecule has 0 atom stereocenters. The number of aromatic nitrogens is 1. The highest BCUT2D eigenvalue weighted by Gasteiger charge is 2.15. The number of nitrogens with zero attached hydrogens (tertiary/aromatic N) is 3. The highest BCUT2D eigenvalue weighted by atomic mass is 32.1. The zero-order chi connectivity index (χ0) is 19.9. The van der Waals surface area contributed by atoms with Crippen molar-refractivity contribution in [3.05, 3.63) is 64.9 Å². The van der Waals surface area contributed by atoms with Gasteiger partial charge >= 0.3 is 5.97 Å². The van der Waals surface area contributed by atoms with Gasteiger partial charge in [0.15, 0.2) is 12.4 Å². The lowest BCUT2D eigenvalue weighted by Crippen LogP contribution is -2.16. The number of ether oxygens (including phenoxy) is 2. The molecule has 0 bridgehead atoms. The SMILES string of the molecule is N#C/C(=C(/O)COC(=O)COc1ccc(C#N)cc1)c1nc2ccccc2s1. The van der Waals surface area contributed by atoms with E-state index in [9.17, 15) is 15.2 Å². The van der Waals surface area contributed by atoms with E-state index in [1.807, 2.05) is 36.4 Å². The first-order valence-corrected chi connectivity index (χ1v) is 8.89. The molecule has 0 unspecified atom stereocenters. The molecule has 2 aromatic carbocycles. The van der Waals surface area contributed by atoms with Crippen molar-refractivity contribution in [3.63, 3.8) is 0 Å². The number of thiazole rings is 1. The Kier molecular flexibility index (Phi) is 5.85. The van der Waals surface area contributed by atoms with Crippen molar-refractivity contribution >= 4 is 33.1 Å². The van der Waals surface area contributed by atoms with Gasteiger partial charge in [-0.15, -0.1) is 11.3 Å². The molecule has 8 heteroatoms. The molecule has 0 saturated carbocycles. The summed E-state index contributed by atoms with van der Waals surface area (Å²) in [6.07, 6.45) is 0. The van der Waals surface area contributed by atoms with Gasteiger partial charge in [0.25, 0.3) is 0 Å². The molecule has 7 nitrogen and oxygen atoms in total. The van der Waals surface area contributed by atoms with Crippen molar-refractivity contribution in [1.29, 1.82) is 10.5 Å². The maximum absolute atomic E-state index is 11.8. The topological polar surface area (TPSA) is 116 Å². The van der Waals surface area contributed by atoms with E-state index in [0.717, 1.165) is 10.2 Å². The van der Waals surface area contributed by atoms with Crippen LogP contribution >= 0.6 is 11.3 Å². The quantitative estimate of drug-likeness (QED) is 0.388. The van der Waals surface area contributed by atoms with Crippen LogP contribution in [0.2, 0.25) is 0 Å². The van der Waals surface area contributed by atoms with E-state index < -0.39 is 12.6 Å². The second-order valence-corrected chi connectivity index (χ2v) is 6.54. The van der Waals surface area contributed by atoms with E-state index in [1.54, 1.807) is 24.3 Å². The molecule has 3 aromatic rings. The Morgan fingerprint density at radius 1 is 1.11 bits per heavy atom. The van der Waals surface area contributed by atoms with E-state index in [-0.39, 0.29) is 17.9 Å².